The quantitative estimate of drug-likeness (QED) is 0.626. The number of hydrogen-bond acceptors (Lipinski definition) is 4. The number of aromatic nitrogens is 2. The predicted molar refractivity (Wildman–Crippen MR) is 98.4 cm³/mol. The molecule has 0 radical (unpaired) electrons. The summed E-state index contributed by atoms with van der Waals surface area (Å²) >= 11 is 6.16. The summed E-state index contributed by atoms with van der Waals surface area (Å²) in [4.78, 5) is 12.2. The largest absolute Gasteiger partial charge is 0.376 e. The lowest BCUT2D eigenvalue weighted by atomic mass is 10.2. The van der Waals surface area contributed by atoms with E-state index in [0.29, 0.717) is 23.7 Å². The second-order valence-corrected chi connectivity index (χ2v) is 6.48. The van der Waals surface area contributed by atoms with Gasteiger partial charge in [-0.1, -0.05) is 29.8 Å². The Kier molecular flexibility index (Phi) is 6.05. The van der Waals surface area contributed by atoms with Gasteiger partial charge in [0.25, 0.3) is 5.91 Å². The van der Waals surface area contributed by atoms with Crippen LogP contribution in [0.4, 0.5) is 0 Å². The molecule has 0 spiro atoms. The van der Waals surface area contributed by atoms with Crippen LogP contribution >= 0.6 is 11.6 Å². The average molecular weight is 371 g/mol. The molecule has 1 aliphatic rings. The van der Waals surface area contributed by atoms with E-state index in [4.69, 9.17) is 16.3 Å². The second kappa shape index (κ2) is 8.65. The number of carbonyl (C=O) groups excluding carboxylic acids is 1. The Bertz CT molecular complexity index is 847. The van der Waals surface area contributed by atoms with Crippen LogP contribution in [-0.4, -0.2) is 34.9 Å². The summed E-state index contributed by atoms with van der Waals surface area (Å²) < 4.78 is 7.18. The lowest BCUT2D eigenvalue weighted by Gasteiger charge is -2.09. The number of nitrogens with zero attached hydrogens (tertiary/aromatic N) is 3. The van der Waals surface area contributed by atoms with Gasteiger partial charge in [-0.25, -0.2) is 0 Å². The average Bonchev–Trinajstić information content (AvgIpc) is 3.31. The van der Waals surface area contributed by atoms with Gasteiger partial charge in [0.15, 0.2) is 0 Å². The van der Waals surface area contributed by atoms with Crippen LogP contribution in [0.1, 0.15) is 24.0 Å². The summed E-state index contributed by atoms with van der Waals surface area (Å²) in [6.45, 7) is 1.66. The maximum Gasteiger partial charge on any atom is 0.262 e. The first-order chi connectivity index (χ1) is 12.7. The van der Waals surface area contributed by atoms with Crippen molar-refractivity contribution >= 4 is 23.6 Å². The Morgan fingerprint density at radius 2 is 2.35 bits per heavy atom. The van der Waals surface area contributed by atoms with Crippen LogP contribution in [0.25, 0.3) is 6.08 Å². The highest BCUT2D eigenvalue weighted by Crippen LogP contribution is 2.16. The summed E-state index contributed by atoms with van der Waals surface area (Å²) in [5.74, 6) is -0.401. The third kappa shape index (κ3) is 4.72. The van der Waals surface area contributed by atoms with Gasteiger partial charge in [0, 0.05) is 29.9 Å². The van der Waals surface area contributed by atoms with Crippen molar-refractivity contribution in [2.45, 2.75) is 25.5 Å². The zero-order valence-corrected chi connectivity index (χ0v) is 14.9. The molecule has 1 unspecified atom stereocenters. The molecule has 1 aliphatic heterocycles. The Morgan fingerprint density at radius 3 is 3.08 bits per heavy atom. The molecular weight excluding hydrogens is 352 g/mol. The molecule has 1 atom stereocenters. The smallest absolute Gasteiger partial charge is 0.262 e. The fraction of sp³-hybridized carbons (Fsp3) is 0.316. The van der Waals surface area contributed by atoms with Gasteiger partial charge in [-0.05, 0) is 30.5 Å². The minimum absolute atomic E-state index is 0.0391. The third-order valence-electron chi connectivity index (χ3n) is 4.13. The van der Waals surface area contributed by atoms with Gasteiger partial charge >= 0.3 is 0 Å². The zero-order valence-electron chi connectivity index (χ0n) is 14.2. The normalized spacial score (nSPS) is 17.1. The monoisotopic (exact) mass is 370 g/mol. The molecule has 7 heteroatoms. The van der Waals surface area contributed by atoms with Crippen molar-refractivity contribution in [1.29, 1.82) is 5.26 Å². The van der Waals surface area contributed by atoms with Crippen molar-refractivity contribution in [2.24, 2.45) is 0 Å². The highest BCUT2D eigenvalue weighted by molar-refractivity contribution is 6.31. The van der Waals surface area contributed by atoms with Crippen LogP contribution in [-0.2, 0) is 16.1 Å². The third-order valence-corrected chi connectivity index (χ3v) is 4.50. The summed E-state index contributed by atoms with van der Waals surface area (Å²) in [6.07, 6.45) is 6.89. The summed E-state index contributed by atoms with van der Waals surface area (Å²) in [5.41, 5.74) is 1.67. The SMILES string of the molecule is N#CC(=Cc1cnn(Cc2ccccc2Cl)c1)C(=O)NCC1CCCO1. The molecule has 0 bridgehead atoms. The van der Waals surface area contributed by atoms with Crippen molar-refractivity contribution < 1.29 is 9.53 Å². The summed E-state index contributed by atoms with van der Waals surface area (Å²) in [6, 6.07) is 9.49. The fourth-order valence-corrected chi connectivity index (χ4v) is 2.96. The molecule has 1 amide bonds. The Morgan fingerprint density at radius 1 is 1.50 bits per heavy atom. The molecular formula is C19H19ClN4O2. The van der Waals surface area contributed by atoms with E-state index in [-0.39, 0.29) is 11.7 Å². The number of ether oxygens (including phenoxy) is 1. The Labute approximate surface area is 157 Å². The van der Waals surface area contributed by atoms with Gasteiger partial charge in [0.1, 0.15) is 11.6 Å². The standard InChI is InChI=1S/C19H19ClN4O2/c20-18-6-2-1-4-15(18)13-24-12-14(10-23-24)8-16(9-21)19(25)22-11-17-5-3-7-26-17/h1-2,4,6,8,10,12,17H,3,5,7,11,13H2,(H,22,25). The minimum atomic E-state index is -0.401. The van der Waals surface area contributed by atoms with Crippen LogP contribution in [0, 0.1) is 11.3 Å². The van der Waals surface area contributed by atoms with Crippen molar-refractivity contribution in [3.8, 4) is 6.07 Å². The van der Waals surface area contributed by atoms with Gasteiger partial charge in [0.05, 0.1) is 18.8 Å². The van der Waals surface area contributed by atoms with E-state index >= 15 is 0 Å². The van der Waals surface area contributed by atoms with E-state index in [1.165, 1.54) is 6.08 Å². The topological polar surface area (TPSA) is 79.9 Å². The number of rotatable bonds is 6. The van der Waals surface area contributed by atoms with Crippen LogP contribution in [0.2, 0.25) is 5.02 Å². The van der Waals surface area contributed by atoms with E-state index < -0.39 is 5.91 Å². The number of carbonyl (C=O) groups is 1. The molecule has 2 aromatic rings. The molecule has 6 nitrogen and oxygen atoms in total. The predicted octanol–water partition coefficient (Wildman–Crippen LogP) is 2.79. The first kappa shape index (κ1) is 18.2. The van der Waals surface area contributed by atoms with Gasteiger partial charge in [-0.15, -0.1) is 0 Å². The molecule has 1 aromatic carbocycles. The number of halogens is 1. The minimum Gasteiger partial charge on any atom is -0.376 e. The van der Waals surface area contributed by atoms with Gasteiger partial charge < -0.3 is 10.1 Å². The fourth-order valence-electron chi connectivity index (χ4n) is 2.76. The summed E-state index contributed by atoms with van der Waals surface area (Å²) in [7, 11) is 0. The lowest BCUT2D eigenvalue weighted by molar-refractivity contribution is -0.117. The van der Waals surface area contributed by atoms with Gasteiger partial charge in [0.2, 0.25) is 0 Å². The van der Waals surface area contributed by atoms with E-state index in [9.17, 15) is 10.1 Å². The molecule has 1 saturated heterocycles. The molecule has 1 aromatic heterocycles. The van der Waals surface area contributed by atoms with Gasteiger partial charge in [-0.3, -0.25) is 9.48 Å². The molecule has 26 heavy (non-hydrogen) atoms. The first-order valence-corrected chi connectivity index (χ1v) is 8.81. The molecule has 0 aliphatic carbocycles. The number of nitrogens with one attached hydrogen (secondary N) is 1. The highest BCUT2D eigenvalue weighted by atomic mass is 35.5. The molecule has 1 N–H and O–H groups in total. The Balaban J connectivity index is 1.64. The van der Waals surface area contributed by atoms with Crippen LogP contribution in [0.3, 0.4) is 0 Å². The number of benzene rings is 1. The van der Waals surface area contributed by atoms with Crippen molar-refractivity contribution in [2.75, 3.05) is 13.2 Å². The van der Waals surface area contributed by atoms with Crippen LogP contribution in [0.5, 0.6) is 0 Å². The first-order valence-electron chi connectivity index (χ1n) is 8.43. The summed E-state index contributed by atoms with van der Waals surface area (Å²) in [5, 5.41) is 17.0. The molecule has 134 valence electrons. The van der Waals surface area contributed by atoms with E-state index in [0.717, 1.165) is 25.0 Å². The van der Waals surface area contributed by atoms with E-state index in [2.05, 4.69) is 10.4 Å². The van der Waals surface area contributed by atoms with Crippen LogP contribution in [0.15, 0.2) is 42.2 Å². The maximum atomic E-state index is 12.2. The lowest BCUT2D eigenvalue weighted by Crippen LogP contribution is -2.32. The second-order valence-electron chi connectivity index (χ2n) is 6.08. The highest BCUT2D eigenvalue weighted by Gasteiger charge is 2.17. The Hall–Kier alpha value is -2.62. The number of nitriles is 1. The maximum absolute atomic E-state index is 12.2. The van der Waals surface area contributed by atoms with E-state index in [1.807, 2.05) is 30.3 Å². The zero-order chi connectivity index (χ0) is 18.4. The molecule has 1 fully saturated rings. The van der Waals surface area contributed by atoms with E-state index in [1.54, 1.807) is 17.1 Å². The molecule has 0 saturated carbocycles. The number of amides is 1. The molecule has 2 heterocycles. The van der Waals surface area contributed by atoms with Gasteiger partial charge in [-0.2, -0.15) is 10.4 Å². The van der Waals surface area contributed by atoms with Crippen LogP contribution < -0.4 is 5.32 Å². The van der Waals surface area contributed by atoms with Crippen molar-refractivity contribution in [3.63, 3.8) is 0 Å². The van der Waals surface area contributed by atoms with Crippen molar-refractivity contribution in [3.05, 3.63) is 58.4 Å². The molecule has 3 rings (SSSR count). The number of hydrogen-bond donors (Lipinski definition) is 1. The van der Waals surface area contributed by atoms with Crippen molar-refractivity contribution in [1.82, 2.24) is 15.1 Å².